The van der Waals surface area contributed by atoms with Gasteiger partial charge < -0.3 is 4.74 Å². The van der Waals surface area contributed by atoms with Crippen molar-refractivity contribution >= 4 is 5.97 Å². The lowest BCUT2D eigenvalue weighted by Gasteiger charge is -2.12. The number of aryl methyl sites for hydroxylation is 1. The van der Waals surface area contributed by atoms with Crippen molar-refractivity contribution in [1.82, 2.24) is 0 Å². The first-order chi connectivity index (χ1) is 8.49. The van der Waals surface area contributed by atoms with Crippen LogP contribution in [0.1, 0.15) is 50.7 Å². The van der Waals surface area contributed by atoms with Crippen molar-refractivity contribution in [1.29, 1.82) is 0 Å². The minimum absolute atomic E-state index is 0.0809. The van der Waals surface area contributed by atoms with Gasteiger partial charge in [-0.1, -0.05) is 50.6 Å². The van der Waals surface area contributed by atoms with Crippen LogP contribution in [-0.4, -0.2) is 12.6 Å². The summed E-state index contributed by atoms with van der Waals surface area (Å²) in [5.74, 6) is 0.725. The first-order valence-corrected chi connectivity index (χ1v) is 6.71. The molecule has 0 aliphatic heterocycles. The average Bonchev–Trinajstić information content (AvgIpc) is 2.34. The molecular weight excluding hydrogens is 224 g/mol. The Bertz CT molecular complexity index is 365. The normalized spacial score (nSPS) is 12.5. The van der Waals surface area contributed by atoms with Gasteiger partial charge in [0.25, 0.3) is 0 Å². The monoisotopic (exact) mass is 248 g/mol. The third-order valence-electron chi connectivity index (χ3n) is 3.01. The first kappa shape index (κ1) is 14.7. The van der Waals surface area contributed by atoms with Gasteiger partial charge in [-0.2, -0.15) is 0 Å². The molecule has 0 fully saturated rings. The second-order valence-corrected chi connectivity index (χ2v) is 5.43. The minimum Gasteiger partial charge on any atom is -0.465 e. The summed E-state index contributed by atoms with van der Waals surface area (Å²) in [6, 6.07) is 8.50. The van der Waals surface area contributed by atoms with Gasteiger partial charge in [0.1, 0.15) is 0 Å². The van der Waals surface area contributed by atoms with E-state index in [1.165, 1.54) is 11.1 Å². The maximum Gasteiger partial charge on any atom is 0.305 e. The van der Waals surface area contributed by atoms with Gasteiger partial charge in [-0.05, 0) is 30.7 Å². The van der Waals surface area contributed by atoms with Crippen molar-refractivity contribution in [2.75, 3.05) is 6.61 Å². The summed E-state index contributed by atoms with van der Waals surface area (Å²) in [4.78, 5) is 11.5. The number of ether oxygens (including phenoxy) is 1. The topological polar surface area (TPSA) is 26.3 Å². The van der Waals surface area contributed by atoms with Crippen molar-refractivity contribution in [3.8, 4) is 0 Å². The van der Waals surface area contributed by atoms with Gasteiger partial charge in [-0.15, -0.1) is 0 Å². The predicted octanol–water partition coefficient (Wildman–Crippen LogP) is 4.08. The summed E-state index contributed by atoms with van der Waals surface area (Å²) in [6.45, 7) is 8.85. The molecule has 1 unspecified atom stereocenters. The summed E-state index contributed by atoms with van der Waals surface area (Å²) >= 11 is 0. The Hall–Kier alpha value is -1.31. The Labute approximate surface area is 110 Å². The number of carbonyl (C=O) groups excluding carboxylic acids is 1. The third-order valence-corrected chi connectivity index (χ3v) is 3.01. The second-order valence-electron chi connectivity index (χ2n) is 5.43. The van der Waals surface area contributed by atoms with Crippen LogP contribution >= 0.6 is 0 Å². The van der Waals surface area contributed by atoms with E-state index in [2.05, 4.69) is 38.1 Å². The highest BCUT2D eigenvalue weighted by Gasteiger charge is 2.10. The lowest BCUT2D eigenvalue weighted by atomic mass is 9.95. The summed E-state index contributed by atoms with van der Waals surface area (Å²) in [5, 5.41) is 0. The molecule has 1 aromatic rings. The molecule has 0 N–H and O–H groups in total. The van der Waals surface area contributed by atoms with E-state index >= 15 is 0 Å². The van der Waals surface area contributed by atoms with Crippen LogP contribution in [0.2, 0.25) is 0 Å². The van der Waals surface area contributed by atoms with Crippen LogP contribution in [0.15, 0.2) is 24.3 Å². The number of hydrogen-bond acceptors (Lipinski definition) is 2. The molecule has 0 radical (unpaired) electrons. The largest absolute Gasteiger partial charge is 0.465 e. The Morgan fingerprint density at radius 2 is 1.78 bits per heavy atom. The Kier molecular flexibility index (Phi) is 5.90. The maximum atomic E-state index is 11.5. The van der Waals surface area contributed by atoms with E-state index in [0.29, 0.717) is 24.9 Å². The molecule has 0 aliphatic rings. The molecule has 1 aromatic carbocycles. The predicted molar refractivity (Wildman–Crippen MR) is 74.6 cm³/mol. The number of benzene rings is 1. The van der Waals surface area contributed by atoms with E-state index in [1.54, 1.807) is 0 Å². The van der Waals surface area contributed by atoms with Crippen LogP contribution in [-0.2, 0) is 9.53 Å². The van der Waals surface area contributed by atoms with E-state index in [1.807, 2.05) is 13.8 Å². The van der Waals surface area contributed by atoms with Crippen LogP contribution in [0.25, 0.3) is 0 Å². The summed E-state index contributed by atoms with van der Waals surface area (Å²) in [6.07, 6.45) is 1.35. The van der Waals surface area contributed by atoms with Crippen molar-refractivity contribution < 1.29 is 9.53 Å². The Morgan fingerprint density at radius 3 is 2.33 bits per heavy atom. The highest BCUT2D eigenvalue weighted by Crippen LogP contribution is 2.21. The molecule has 0 heterocycles. The van der Waals surface area contributed by atoms with E-state index < -0.39 is 0 Å². The number of rotatable bonds is 6. The fourth-order valence-corrected chi connectivity index (χ4v) is 1.73. The van der Waals surface area contributed by atoms with Gasteiger partial charge in [-0.25, -0.2) is 0 Å². The number of carbonyl (C=O) groups is 1. The van der Waals surface area contributed by atoms with Gasteiger partial charge in [0.05, 0.1) is 6.61 Å². The zero-order valence-corrected chi connectivity index (χ0v) is 11.9. The molecule has 2 nitrogen and oxygen atoms in total. The van der Waals surface area contributed by atoms with Crippen LogP contribution in [0.4, 0.5) is 0 Å². The fraction of sp³-hybridized carbons (Fsp3) is 0.562. The quantitative estimate of drug-likeness (QED) is 0.709. The Balaban J connectivity index is 2.34. The molecule has 1 rings (SSSR count). The van der Waals surface area contributed by atoms with Crippen LogP contribution < -0.4 is 0 Å². The lowest BCUT2D eigenvalue weighted by molar-refractivity contribution is -0.144. The molecule has 0 spiro atoms. The van der Waals surface area contributed by atoms with E-state index in [4.69, 9.17) is 4.74 Å². The standard InChI is InChI=1S/C16H24O2/c1-12(2)11-18-16(17)10-7-14(4)15-8-5-13(3)6-9-15/h5-6,8-9,12,14H,7,10-11H2,1-4H3. The zero-order valence-electron chi connectivity index (χ0n) is 11.9. The molecule has 2 heteroatoms. The van der Waals surface area contributed by atoms with Gasteiger partial charge >= 0.3 is 5.97 Å². The second kappa shape index (κ2) is 7.20. The lowest BCUT2D eigenvalue weighted by Crippen LogP contribution is -2.10. The average molecular weight is 248 g/mol. The molecule has 0 bridgehead atoms. The van der Waals surface area contributed by atoms with Crippen molar-refractivity contribution in [3.05, 3.63) is 35.4 Å². The van der Waals surface area contributed by atoms with E-state index in [9.17, 15) is 4.79 Å². The molecule has 1 atom stereocenters. The van der Waals surface area contributed by atoms with Crippen molar-refractivity contribution in [2.24, 2.45) is 5.92 Å². The SMILES string of the molecule is Cc1ccc(C(C)CCC(=O)OCC(C)C)cc1. The van der Waals surface area contributed by atoms with Crippen LogP contribution in [0.5, 0.6) is 0 Å². The summed E-state index contributed by atoms with van der Waals surface area (Å²) in [7, 11) is 0. The van der Waals surface area contributed by atoms with Gasteiger partial charge in [0.15, 0.2) is 0 Å². The van der Waals surface area contributed by atoms with Crippen molar-refractivity contribution in [3.63, 3.8) is 0 Å². The number of esters is 1. The zero-order chi connectivity index (χ0) is 13.5. The van der Waals surface area contributed by atoms with E-state index in [-0.39, 0.29) is 5.97 Å². The molecule has 0 aliphatic carbocycles. The number of hydrogen-bond donors (Lipinski definition) is 0. The first-order valence-electron chi connectivity index (χ1n) is 6.71. The summed E-state index contributed by atoms with van der Waals surface area (Å²) in [5.41, 5.74) is 2.56. The van der Waals surface area contributed by atoms with E-state index in [0.717, 1.165) is 6.42 Å². The molecular formula is C16H24O2. The highest BCUT2D eigenvalue weighted by atomic mass is 16.5. The maximum absolute atomic E-state index is 11.5. The molecule has 100 valence electrons. The van der Waals surface area contributed by atoms with Crippen LogP contribution in [0.3, 0.4) is 0 Å². The Morgan fingerprint density at radius 1 is 1.17 bits per heavy atom. The molecule has 0 saturated carbocycles. The van der Waals surface area contributed by atoms with Gasteiger partial charge in [-0.3, -0.25) is 4.79 Å². The molecule has 0 saturated heterocycles. The molecule has 0 amide bonds. The minimum atomic E-state index is -0.0809. The fourth-order valence-electron chi connectivity index (χ4n) is 1.73. The molecule has 0 aromatic heterocycles. The van der Waals surface area contributed by atoms with Crippen molar-refractivity contribution in [2.45, 2.75) is 46.5 Å². The molecule has 18 heavy (non-hydrogen) atoms. The van der Waals surface area contributed by atoms with Crippen LogP contribution in [0, 0.1) is 12.8 Å². The third kappa shape index (κ3) is 5.35. The van der Waals surface area contributed by atoms with Gasteiger partial charge in [0.2, 0.25) is 0 Å². The highest BCUT2D eigenvalue weighted by molar-refractivity contribution is 5.69. The van der Waals surface area contributed by atoms with Gasteiger partial charge in [0, 0.05) is 6.42 Å². The smallest absolute Gasteiger partial charge is 0.305 e. The summed E-state index contributed by atoms with van der Waals surface area (Å²) < 4.78 is 5.17.